The molecule has 2 N–H and O–H groups in total. The zero-order valence-electron chi connectivity index (χ0n) is 15.8. The van der Waals surface area contributed by atoms with Gasteiger partial charge in [-0.25, -0.2) is 4.98 Å². The van der Waals surface area contributed by atoms with E-state index in [2.05, 4.69) is 10.3 Å². The molecule has 1 saturated heterocycles. The quantitative estimate of drug-likeness (QED) is 0.775. The second-order valence-electron chi connectivity index (χ2n) is 7.84. The van der Waals surface area contributed by atoms with Crippen molar-refractivity contribution in [3.05, 3.63) is 17.2 Å². The number of hydrogen-bond donors (Lipinski definition) is 2. The highest BCUT2D eigenvalue weighted by molar-refractivity contribution is 7.99. The number of carbonyl (C=O) groups excluding carboxylic acids is 2. The maximum atomic E-state index is 12.2. The lowest BCUT2D eigenvalue weighted by atomic mass is 10.0. The zero-order valence-corrected chi connectivity index (χ0v) is 16.6. The van der Waals surface area contributed by atoms with Gasteiger partial charge < -0.3 is 14.5 Å². The molecule has 1 aromatic heterocycles. The first kappa shape index (κ1) is 19.2. The number of carbonyl (C=O) groups is 2. The van der Waals surface area contributed by atoms with E-state index in [1.165, 1.54) is 7.11 Å². The summed E-state index contributed by atoms with van der Waals surface area (Å²) in [5.41, 5.74) is 1.53. The van der Waals surface area contributed by atoms with Crippen LogP contribution in [0.1, 0.15) is 56.1 Å². The van der Waals surface area contributed by atoms with Crippen LogP contribution in [0.5, 0.6) is 0 Å². The van der Waals surface area contributed by atoms with Crippen molar-refractivity contribution in [1.82, 2.24) is 15.3 Å². The van der Waals surface area contributed by atoms with Crippen LogP contribution in [0.2, 0.25) is 0 Å². The van der Waals surface area contributed by atoms with Gasteiger partial charge in [0.25, 0.3) is 0 Å². The largest absolute Gasteiger partial charge is 0.468 e. The van der Waals surface area contributed by atoms with Gasteiger partial charge in [0.05, 0.1) is 29.7 Å². The van der Waals surface area contributed by atoms with Gasteiger partial charge in [0.2, 0.25) is 0 Å². The molecule has 0 aliphatic carbocycles. The third-order valence-corrected chi connectivity index (χ3v) is 6.07. The number of methoxy groups -OCH3 is 1. The molecule has 0 saturated carbocycles. The van der Waals surface area contributed by atoms with Crippen LogP contribution < -0.4 is 5.32 Å². The SMILES string of the molecule is COC(=O)[C@@H]1Cc2nc(C3CCC(C(=O)OC(C)(C)C)CS3)[nH]c2CN1. The van der Waals surface area contributed by atoms with Gasteiger partial charge in [0.1, 0.15) is 17.5 Å². The minimum Gasteiger partial charge on any atom is -0.468 e. The van der Waals surface area contributed by atoms with Crippen molar-refractivity contribution in [1.29, 1.82) is 0 Å². The Kier molecular flexibility index (Phi) is 5.62. The van der Waals surface area contributed by atoms with E-state index in [1.54, 1.807) is 11.8 Å². The standard InChI is InChI=1S/C18H27N3O4S/c1-18(2,3)25-16(22)10-5-6-14(26-9-10)15-20-11-7-12(17(23)24-4)19-8-13(11)21-15/h10,12,14,19H,5-9H2,1-4H3,(H,20,21)/t10?,12-,14?/m0/s1. The Hall–Kier alpha value is -1.54. The number of H-pyrrole nitrogens is 1. The highest BCUT2D eigenvalue weighted by Gasteiger charge is 2.33. The number of fused-ring (bicyclic) bond motifs is 1. The van der Waals surface area contributed by atoms with E-state index in [-0.39, 0.29) is 29.1 Å². The number of ether oxygens (including phenoxy) is 2. The Morgan fingerprint density at radius 2 is 2.00 bits per heavy atom. The van der Waals surface area contributed by atoms with Crippen LogP contribution in [0, 0.1) is 5.92 Å². The molecule has 0 bridgehead atoms. The summed E-state index contributed by atoms with van der Waals surface area (Å²) < 4.78 is 10.3. The predicted octanol–water partition coefficient (Wildman–Crippen LogP) is 2.12. The normalized spacial score (nSPS) is 26.1. The summed E-state index contributed by atoms with van der Waals surface area (Å²) in [7, 11) is 1.40. The molecule has 0 radical (unpaired) electrons. The van der Waals surface area contributed by atoms with Crippen LogP contribution in [0.15, 0.2) is 0 Å². The highest BCUT2D eigenvalue weighted by Crippen LogP contribution is 2.40. The van der Waals surface area contributed by atoms with Crippen LogP contribution in [-0.4, -0.2) is 46.4 Å². The Labute approximate surface area is 158 Å². The fraction of sp³-hybridized carbons (Fsp3) is 0.722. The number of imidazole rings is 1. The van der Waals surface area contributed by atoms with Crippen molar-refractivity contribution < 1.29 is 19.1 Å². The van der Waals surface area contributed by atoms with Crippen LogP contribution in [0.25, 0.3) is 0 Å². The van der Waals surface area contributed by atoms with E-state index in [9.17, 15) is 9.59 Å². The average Bonchev–Trinajstić information content (AvgIpc) is 3.02. The fourth-order valence-electron chi connectivity index (χ4n) is 3.27. The minimum absolute atomic E-state index is 0.0505. The van der Waals surface area contributed by atoms with Gasteiger partial charge in [-0.1, -0.05) is 0 Å². The Morgan fingerprint density at radius 1 is 1.23 bits per heavy atom. The summed E-state index contributed by atoms with van der Waals surface area (Å²) in [5.74, 6) is 1.27. The van der Waals surface area contributed by atoms with Crippen molar-refractivity contribution in [3.8, 4) is 0 Å². The summed E-state index contributed by atoms with van der Waals surface area (Å²) in [4.78, 5) is 32.1. The fourth-order valence-corrected chi connectivity index (χ4v) is 4.61. The first-order valence-corrected chi connectivity index (χ1v) is 10.0. The van der Waals surface area contributed by atoms with Crippen molar-refractivity contribution in [2.45, 2.75) is 63.5 Å². The van der Waals surface area contributed by atoms with E-state index in [4.69, 9.17) is 14.5 Å². The maximum Gasteiger partial charge on any atom is 0.323 e. The average molecular weight is 381 g/mol. The maximum absolute atomic E-state index is 12.2. The molecular weight excluding hydrogens is 354 g/mol. The lowest BCUT2D eigenvalue weighted by Crippen LogP contribution is -2.42. The number of nitrogens with zero attached hydrogens (tertiary/aromatic N) is 1. The molecular formula is C18H27N3O4S. The summed E-state index contributed by atoms with van der Waals surface area (Å²) in [6, 6.07) is -0.334. The van der Waals surface area contributed by atoms with E-state index in [1.807, 2.05) is 20.8 Å². The van der Waals surface area contributed by atoms with Crippen molar-refractivity contribution in [3.63, 3.8) is 0 Å². The van der Waals surface area contributed by atoms with Gasteiger partial charge in [-0.05, 0) is 33.6 Å². The first-order chi connectivity index (χ1) is 12.3. The van der Waals surface area contributed by atoms with Gasteiger partial charge >= 0.3 is 11.9 Å². The van der Waals surface area contributed by atoms with Gasteiger partial charge in [0, 0.05) is 18.7 Å². The number of hydrogen-bond acceptors (Lipinski definition) is 7. The third-order valence-electron chi connectivity index (χ3n) is 4.61. The Balaban J connectivity index is 1.59. The molecule has 7 nitrogen and oxygen atoms in total. The molecule has 3 rings (SSSR count). The van der Waals surface area contributed by atoms with Crippen LogP contribution >= 0.6 is 11.8 Å². The van der Waals surface area contributed by atoms with Gasteiger partial charge in [-0.3, -0.25) is 14.9 Å². The summed E-state index contributed by atoms with van der Waals surface area (Å²) in [6.07, 6.45) is 2.23. The van der Waals surface area contributed by atoms with E-state index in [0.29, 0.717) is 13.0 Å². The molecule has 3 heterocycles. The smallest absolute Gasteiger partial charge is 0.323 e. The highest BCUT2D eigenvalue weighted by atomic mass is 32.2. The molecule has 26 heavy (non-hydrogen) atoms. The minimum atomic E-state index is -0.443. The lowest BCUT2D eigenvalue weighted by molar-refractivity contribution is -0.159. The van der Waals surface area contributed by atoms with Crippen LogP contribution in [-0.2, 0) is 32.0 Å². The molecule has 0 aromatic carbocycles. The third kappa shape index (κ3) is 4.40. The van der Waals surface area contributed by atoms with Crippen molar-refractivity contribution in [2.24, 2.45) is 5.92 Å². The number of rotatable bonds is 3. The topological polar surface area (TPSA) is 93.3 Å². The van der Waals surface area contributed by atoms with E-state index < -0.39 is 5.60 Å². The lowest BCUT2D eigenvalue weighted by Gasteiger charge is -2.28. The van der Waals surface area contributed by atoms with Gasteiger partial charge in [-0.2, -0.15) is 0 Å². The molecule has 1 fully saturated rings. The number of nitrogens with one attached hydrogen (secondary N) is 2. The molecule has 8 heteroatoms. The molecule has 2 aliphatic heterocycles. The monoisotopic (exact) mass is 381 g/mol. The summed E-state index contributed by atoms with van der Waals surface area (Å²) in [5, 5.41) is 3.42. The zero-order chi connectivity index (χ0) is 18.9. The second-order valence-corrected chi connectivity index (χ2v) is 9.07. The summed E-state index contributed by atoms with van der Waals surface area (Å²) in [6.45, 7) is 6.27. The van der Waals surface area contributed by atoms with E-state index >= 15 is 0 Å². The molecule has 2 aliphatic rings. The second kappa shape index (κ2) is 7.60. The van der Waals surface area contributed by atoms with E-state index in [0.717, 1.165) is 35.8 Å². The molecule has 3 atom stereocenters. The molecule has 0 amide bonds. The molecule has 1 aromatic rings. The molecule has 144 valence electrons. The number of aromatic nitrogens is 2. The predicted molar refractivity (Wildman–Crippen MR) is 98.7 cm³/mol. The van der Waals surface area contributed by atoms with Gasteiger partial charge in [0.15, 0.2) is 0 Å². The van der Waals surface area contributed by atoms with Crippen LogP contribution in [0.4, 0.5) is 0 Å². The summed E-state index contributed by atoms with van der Waals surface area (Å²) >= 11 is 1.75. The van der Waals surface area contributed by atoms with Crippen molar-refractivity contribution >= 4 is 23.7 Å². The number of esters is 2. The van der Waals surface area contributed by atoms with Crippen LogP contribution in [0.3, 0.4) is 0 Å². The Morgan fingerprint density at radius 3 is 2.62 bits per heavy atom. The molecule has 0 spiro atoms. The molecule has 2 unspecified atom stereocenters. The van der Waals surface area contributed by atoms with Gasteiger partial charge in [-0.15, -0.1) is 11.8 Å². The Bertz CT molecular complexity index is 674. The number of aromatic amines is 1. The first-order valence-electron chi connectivity index (χ1n) is 9.00. The van der Waals surface area contributed by atoms with Crippen molar-refractivity contribution in [2.75, 3.05) is 12.9 Å². The number of thioether (sulfide) groups is 1.